The summed E-state index contributed by atoms with van der Waals surface area (Å²) >= 11 is 0. The molecule has 0 saturated heterocycles. The Morgan fingerprint density at radius 2 is 2.00 bits per heavy atom. The molecule has 0 unspecified atom stereocenters. The molecular formula is C21H18N6O4. The molecule has 0 saturated carbocycles. The molecule has 0 fully saturated rings. The summed E-state index contributed by atoms with van der Waals surface area (Å²) in [5.41, 5.74) is 0.870. The van der Waals surface area contributed by atoms with E-state index in [9.17, 15) is 19.7 Å². The fraction of sp³-hybridized carbons (Fsp3) is 0.143. The Balaban J connectivity index is 1.58. The second kappa shape index (κ2) is 8.19. The van der Waals surface area contributed by atoms with Crippen molar-refractivity contribution in [2.24, 2.45) is 0 Å². The molecule has 0 bridgehead atoms. The van der Waals surface area contributed by atoms with E-state index < -0.39 is 4.92 Å². The van der Waals surface area contributed by atoms with Crippen LogP contribution in [0.15, 0.2) is 65.6 Å². The van der Waals surface area contributed by atoms with E-state index in [1.54, 1.807) is 48.7 Å². The number of nitrogens with one attached hydrogen (secondary N) is 1. The number of amides is 1. The minimum Gasteiger partial charge on any atom is -0.330 e. The van der Waals surface area contributed by atoms with Crippen LogP contribution in [0, 0.1) is 10.1 Å². The molecule has 0 aliphatic heterocycles. The average molecular weight is 418 g/mol. The molecule has 0 atom stereocenters. The Morgan fingerprint density at radius 1 is 1.19 bits per heavy atom. The molecular weight excluding hydrogens is 400 g/mol. The van der Waals surface area contributed by atoms with Gasteiger partial charge in [-0.25, -0.2) is 9.67 Å². The summed E-state index contributed by atoms with van der Waals surface area (Å²) in [4.78, 5) is 44.4. The number of nitrogens with zero attached hydrogens (tertiary/aromatic N) is 5. The quantitative estimate of drug-likeness (QED) is 0.379. The molecule has 2 aromatic carbocycles. The van der Waals surface area contributed by atoms with Gasteiger partial charge in [-0.3, -0.25) is 19.7 Å². The second-order valence-corrected chi connectivity index (χ2v) is 6.77. The van der Waals surface area contributed by atoms with Crippen LogP contribution >= 0.6 is 0 Å². The van der Waals surface area contributed by atoms with Gasteiger partial charge in [-0.2, -0.15) is 5.10 Å². The van der Waals surface area contributed by atoms with E-state index in [0.29, 0.717) is 29.0 Å². The highest BCUT2D eigenvalue weighted by atomic mass is 16.6. The average Bonchev–Trinajstić information content (AvgIpc) is 3.27. The predicted octanol–water partition coefficient (Wildman–Crippen LogP) is 2.68. The zero-order valence-electron chi connectivity index (χ0n) is 16.6. The molecule has 2 heterocycles. The Labute approximate surface area is 175 Å². The van der Waals surface area contributed by atoms with Gasteiger partial charge in [0.25, 0.3) is 17.2 Å². The minimum atomic E-state index is -0.491. The van der Waals surface area contributed by atoms with Crippen LogP contribution in [0.4, 0.5) is 5.69 Å². The van der Waals surface area contributed by atoms with Crippen molar-refractivity contribution in [2.75, 3.05) is 6.54 Å². The van der Waals surface area contributed by atoms with Crippen LogP contribution in [0.1, 0.15) is 23.2 Å². The molecule has 10 heteroatoms. The van der Waals surface area contributed by atoms with Gasteiger partial charge < -0.3 is 9.88 Å². The highest BCUT2D eigenvalue weighted by Gasteiger charge is 2.19. The lowest BCUT2D eigenvalue weighted by Crippen LogP contribution is -2.32. The van der Waals surface area contributed by atoms with E-state index in [4.69, 9.17) is 0 Å². The van der Waals surface area contributed by atoms with Crippen molar-refractivity contribution in [1.82, 2.24) is 24.6 Å². The zero-order valence-corrected chi connectivity index (χ0v) is 16.6. The summed E-state index contributed by atoms with van der Waals surface area (Å²) in [5.74, 6) is 0.0273. The molecule has 2 aromatic heterocycles. The molecule has 0 spiro atoms. The fourth-order valence-electron chi connectivity index (χ4n) is 3.21. The van der Waals surface area contributed by atoms with Crippen LogP contribution in [0.3, 0.4) is 0 Å². The van der Waals surface area contributed by atoms with E-state index in [-0.39, 0.29) is 29.4 Å². The van der Waals surface area contributed by atoms with Gasteiger partial charge in [-0.15, -0.1) is 0 Å². The number of rotatable bonds is 6. The maximum Gasteiger partial charge on any atom is 0.274 e. The number of aromatic amines is 1. The molecule has 4 aromatic rings. The SMILES string of the molecule is CCN(Cc1nc2ccccc2c(=O)[nH]1)C(=O)c1ccn(-c2cccc([N+](=O)[O-])c2)n1. The number of aromatic nitrogens is 4. The number of hydrogen-bond donors (Lipinski definition) is 1. The normalized spacial score (nSPS) is 10.9. The number of nitro benzene ring substituents is 1. The first-order valence-electron chi connectivity index (χ1n) is 9.54. The molecule has 0 aliphatic carbocycles. The maximum atomic E-state index is 13.0. The van der Waals surface area contributed by atoms with Gasteiger partial charge >= 0.3 is 0 Å². The number of hydrogen-bond acceptors (Lipinski definition) is 6. The van der Waals surface area contributed by atoms with Crippen molar-refractivity contribution in [2.45, 2.75) is 13.5 Å². The predicted molar refractivity (Wildman–Crippen MR) is 113 cm³/mol. The molecule has 4 rings (SSSR count). The van der Waals surface area contributed by atoms with Gasteiger partial charge in [0.05, 0.1) is 28.1 Å². The van der Waals surface area contributed by atoms with E-state index in [0.717, 1.165) is 0 Å². The van der Waals surface area contributed by atoms with Crippen molar-refractivity contribution in [3.63, 3.8) is 0 Å². The fourth-order valence-corrected chi connectivity index (χ4v) is 3.21. The number of benzene rings is 2. The van der Waals surface area contributed by atoms with Gasteiger partial charge in [0.2, 0.25) is 0 Å². The Bertz CT molecular complexity index is 1340. The van der Waals surface area contributed by atoms with Crippen molar-refractivity contribution < 1.29 is 9.72 Å². The number of H-pyrrole nitrogens is 1. The highest BCUT2D eigenvalue weighted by Crippen LogP contribution is 2.17. The molecule has 1 N–H and O–H groups in total. The van der Waals surface area contributed by atoms with Crippen LogP contribution in [0.25, 0.3) is 16.6 Å². The molecule has 31 heavy (non-hydrogen) atoms. The Morgan fingerprint density at radius 3 is 2.77 bits per heavy atom. The van der Waals surface area contributed by atoms with Gasteiger partial charge in [-0.1, -0.05) is 18.2 Å². The first-order chi connectivity index (χ1) is 15.0. The zero-order chi connectivity index (χ0) is 22.0. The summed E-state index contributed by atoms with van der Waals surface area (Å²) < 4.78 is 1.41. The highest BCUT2D eigenvalue weighted by molar-refractivity contribution is 5.92. The molecule has 0 radical (unpaired) electrons. The standard InChI is InChI=1S/C21H18N6O4/c1-2-25(13-19-22-17-9-4-3-8-16(17)20(28)23-19)21(29)18-10-11-26(24-18)14-6-5-7-15(12-14)27(30)31/h3-12H,2,13H2,1H3,(H,22,23,28). The summed E-state index contributed by atoms with van der Waals surface area (Å²) in [6, 6.07) is 14.5. The van der Waals surface area contributed by atoms with Crippen LogP contribution in [-0.2, 0) is 6.54 Å². The van der Waals surface area contributed by atoms with Gasteiger partial charge in [0.1, 0.15) is 5.82 Å². The lowest BCUT2D eigenvalue weighted by atomic mass is 10.2. The Hall–Kier alpha value is -4.34. The third-order valence-electron chi connectivity index (χ3n) is 4.78. The number of carbonyl (C=O) groups excluding carboxylic acids is 1. The summed E-state index contributed by atoms with van der Waals surface area (Å²) in [5, 5.41) is 15.7. The number of nitro groups is 1. The van der Waals surface area contributed by atoms with Crippen LogP contribution in [0.5, 0.6) is 0 Å². The summed E-state index contributed by atoms with van der Waals surface area (Å²) in [6.45, 7) is 2.30. The van der Waals surface area contributed by atoms with Crippen LogP contribution in [0.2, 0.25) is 0 Å². The third kappa shape index (κ3) is 4.04. The maximum absolute atomic E-state index is 13.0. The molecule has 156 valence electrons. The van der Waals surface area contributed by atoms with Gasteiger partial charge in [0.15, 0.2) is 5.69 Å². The van der Waals surface area contributed by atoms with Crippen molar-refractivity contribution >= 4 is 22.5 Å². The van der Waals surface area contributed by atoms with E-state index in [1.807, 2.05) is 6.92 Å². The number of carbonyl (C=O) groups is 1. The topological polar surface area (TPSA) is 127 Å². The third-order valence-corrected chi connectivity index (χ3v) is 4.78. The first kappa shape index (κ1) is 20.0. The van der Waals surface area contributed by atoms with E-state index >= 15 is 0 Å². The van der Waals surface area contributed by atoms with E-state index in [1.165, 1.54) is 21.7 Å². The minimum absolute atomic E-state index is 0.0672. The lowest BCUT2D eigenvalue weighted by Gasteiger charge is -2.19. The van der Waals surface area contributed by atoms with Crippen molar-refractivity contribution in [1.29, 1.82) is 0 Å². The van der Waals surface area contributed by atoms with Gasteiger partial charge in [-0.05, 0) is 31.2 Å². The smallest absolute Gasteiger partial charge is 0.274 e. The van der Waals surface area contributed by atoms with Crippen molar-refractivity contribution in [3.8, 4) is 5.69 Å². The van der Waals surface area contributed by atoms with Crippen LogP contribution in [-0.4, -0.2) is 42.0 Å². The Kier molecular flexibility index (Phi) is 5.27. The number of fused-ring (bicyclic) bond motifs is 1. The summed E-state index contributed by atoms with van der Waals surface area (Å²) in [6.07, 6.45) is 1.57. The number of para-hydroxylation sites is 1. The van der Waals surface area contributed by atoms with Crippen LogP contribution < -0.4 is 5.56 Å². The van der Waals surface area contributed by atoms with E-state index in [2.05, 4.69) is 15.1 Å². The largest absolute Gasteiger partial charge is 0.330 e. The molecule has 0 aliphatic rings. The van der Waals surface area contributed by atoms with Crippen molar-refractivity contribution in [3.05, 3.63) is 92.8 Å². The first-order valence-corrected chi connectivity index (χ1v) is 9.54. The number of non-ortho nitro benzene ring substituents is 1. The van der Waals surface area contributed by atoms with Gasteiger partial charge in [0, 0.05) is 24.9 Å². The molecule has 1 amide bonds. The summed E-state index contributed by atoms with van der Waals surface area (Å²) in [7, 11) is 0. The lowest BCUT2D eigenvalue weighted by molar-refractivity contribution is -0.384. The monoisotopic (exact) mass is 418 g/mol. The molecule has 10 nitrogen and oxygen atoms in total. The second-order valence-electron chi connectivity index (χ2n) is 6.77.